The normalized spacial score (nSPS) is 11.8. The summed E-state index contributed by atoms with van der Waals surface area (Å²) < 4.78 is 22.5. The van der Waals surface area contributed by atoms with Crippen LogP contribution in [0.2, 0.25) is 0 Å². The standard InChI is InChI=1S/C4H9N5O2S/c1-12(10,11)9-4(7)2(5)3(6)8-9/h5,7H2,1H3,(H2,6,8). The lowest BCUT2D eigenvalue weighted by molar-refractivity contribution is 0.587. The Morgan fingerprint density at radius 3 is 2.00 bits per heavy atom. The average molecular weight is 191 g/mol. The van der Waals surface area contributed by atoms with Crippen LogP contribution in [0, 0.1) is 0 Å². The van der Waals surface area contributed by atoms with E-state index in [1.165, 1.54) is 0 Å². The van der Waals surface area contributed by atoms with Gasteiger partial charge >= 0.3 is 0 Å². The van der Waals surface area contributed by atoms with Gasteiger partial charge < -0.3 is 17.2 Å². The second-order valence-corrected chi connectivity index (χ2v) is 4.10. The van der Waals surface area contributed by atoms with Gasteiger partial charge in [-0.1, -0.05) is 0 Å². The van der Waals surface area contributed by atoms with Crippen LogP contribution in [0.5, 0.6) is 0 Å². The van der Waals surface area contributed by atoms with E-state index in [9.17, 15) is 8.42 Å². The van der Waals surface area contributed by atoms with Crippen molar-refractivity contribution < 1.29 is 8.42 Å². The monoisotopic (exact) mass is 191 g/mol. The quantitative estimate of drug-likeness (QED) is 0.492. The molecule has 0 bridgehead atoms. The van der Waals surface area contributed by atoms with Crippen molar-refractivity contribution in [3.63, 3.8) is 0 Å². The van der Waals surface area contributed by atoms with Gasteiger partial charge in [-0.05, 0) is 0 Å². The highest BCUT2D eigenvalue weighted by atomic mass is 32.2. The first-order chi connectivity index (χ1) is 5.34. The third-order valence-electron chi connectivity index (χ3n) is 1.27. The summed E-state index contributed by atoms with van der Waals surface area (Å²) in [4.78, 5) is 0. The van der Waals surface area contributed by atoms with E-state index >= 15 is 0 Å². The maximum Gasteiger partial charge on any atom is 0.252 e. The lowest BCUT2D eigenvalue weighted by atomic mass is 10.5. The molecule has 6 N–H and O–H groups in total. The molecule has 0 atom stereocenters. The van der Waals surface area contributed by atoms with Crippen LogP contribution < -0.4 is 17.2 Å². The molecule has 0 aliphatic rings. The largest absolute Gasteiger partial charge is 0.393 e. The van der Waals surface area contributed by atoms with Crippen LogP contribution in [0.4, 0.5) is 17.3 Å². The van der Waals surface area contributed by atoms with Crippen molar-refractivity contribution in [2.24, 2.45) is 0 Å². The third-order valence-corrected chi connectivity index (χ3v) is 2.18. The van der Waals surface area contributed by atoms with E-state index in [1.54, 1.807) is 0 Å². The van der Waals surface area contributed by atoms with Crippen LogP contribution in [-0.2, 0) is 10.0 Å². The number of aromatic nitrogens is 2. The zero-order chi connectivity index (χ0) is 9.52. The number of anilines is 3. The number of nitrogens with zero attached hydrogens (tertiary/aromatic N) is 2. The molecular weight excluding hydrogens is 182 g/mol. The minimum absolute atomic E-state index is 0.0135. The van der Waals surface area contributed by atoms with Crippen molar-refractivity contribution in [1.29, 1.82) is 0 Å². The van der Waals surface area contributed by atoms with Crippen molar-refractivity contribution in [2.75, 3.05) is 23.5 Å². The van der Waals surface area contributed by atoms with E-state index in [4.69, 9.17) is 17.2 Å². The Balaban J connectivity index is 3.48. The van der Waals surface area contributed by atoms with E-state index < -0.39 is 10.0 Å². The molecule has 0 aliphatic carbocycles. The van der Waals surface area contributed by atoms with E-state index in [0.717, 1.165) is 6.26 Å². The molecule has 12 heavy (non-hydrogen) atoms. The van der Waals surface area contributed by atoms with Crippen LogP contribution >= 0.6 is 0 Å². The number of hydrogen-bond donors (Lipinski definition) is 3. The molecule has 68 valence electrons. The molecular formula is C4H9N5O2S. The first-order valence-corrected chi connectivity index (χ1v) is 4.79. The molecule has 1 aromatic heterocycles. The van der Waals surface area contributed by atoms with Gasteiger partial charge in [0.25, 0.3) is 10.0 Å². The molecule has 1 aromatic rings. The number of hydrogen-bond acceptors (Lipinski definition) is 6. The van der Waals surface area contributed by atoms with E-state index in [0.29, 0.717) is 4.09 Å². The van der Waals surface area contributed by atoms with Gasteiger partial charge in [-0.15, -0.1) is 9.19 Å². The molecule has 0 saturated carbocycles. The zero-order valence-electron chi connectivity index (χ0n) is 6.35. The van der Waals surface area contributed by atoms with Crippen molar-refractivity contribution in [2.45, 2.75) is 0 Å². The topological polar surface area (TPSA) is 130 Å². The fourth-order valence-electron chi connectivity index (χ4n) is 0.693. The Morgan fingerprint density at radius 2 is 1.83 bits per heavy atom. The molecule has 8 heteroatoms. The Morgan fingerprint density at radius 1 is 1.33 bits per heavy atom. The lowest BCUT2D eigenvalue weighted by Gasteiger charge is -1.98. The summed E-state index contributed by atoms with van der Waals surface area (Å²) in [7, 11) is -3.51. The SMILES string of the molecule is CS(=O)(=O)n1nc(N)c(N)c1N. The molecule has 0 aliphatic heterocycles. The molecule has 0 saturated heterocycles. The molecule has 0 fully saturated rings. The van der Waals surface area contributed by atoms with Crippen molar-refractivity contribution >= 4 is 27.3 Å². The third kappa shape index (κ3) is 1.16. The number of rotatable bonds is 1. The average Bonchev–Trinajstić information content (AvgIpc) is 2.15. The molecule has 7 nitrogen and oxygen atoms in total. The first-order valence-electron chi connectivity index (χ1n) is 2.94. The van der Waals surface area contributed by atoms with Crippen LogP contribution in [0.3, 0.4) is 0 Å². The van der Waals surface area contributed by atoms with Gasteiger partial charge in [0, 0.05) is 0 Å². The van der Waals surface area contributed by atoms with Gasteiger partial charge in [0.15, 0.2) is 11.6 Å². The fraction of sp³-hybridized carbons (Fsp3) is 0.250. The zero-order valence-corrected chi connectivity index (χ0v) is 7.17. The highest BCUT2D eigenvalue weighted by molar-refractivity contribution is 7.89. The van der Waals surface area contributed by atoms with Gasteiger partial charge in [0.05, 0.1) is 6.26 Å². The summed E-state index contributed by atoms with van der Waals surface area (Å²) in [6.45, 7) is 0. The maximum absolute atomic E-state index is 10.9. The number of nitrogens with two attached hydrogens (primary N) is 3. The van der Waals surface area contributed by atoms with Gasteiger partial charge in [-0.25, -0.2) is 8.42 Å². The Kier molecular flexibility index (Phi) is 1.64. The summed E-state index contributed by atoms with van der Waals surface area (Å²) in [5, 5.41) is 3.44. The lowest BCUT2D eigenvalue weighted by Crippen LogP contribution is -2.14. The van der Waals surface area contributed by atoms with E-state index in [1.807, 2.05) is 0 Å². The predicted molar refractivity (Wildman–Crippen MR) is 45.7 cm³/mol. The first kappa shape index (κ1) is 8.65. The van der Waals surface area contributed by atoms with Crippen molar-refractivity contribution in [3.05, 3.63) is 0 Å². The summed E-state index contributed by atoms with van der Waals surface area (Å²) in [5.41, 5.74) is 15.8. The summed E-state index contributed by atoms with van der Waals surface area (Å²) in [6.07, 6.45) is 0.954. The summed E-state index contributed by atoms with van der Waals surface area (Å²) in [6, 6.07) is 0. The summed E-state index contributed by atoms with van der Waals surface area (Å²) >= 11 is 0. The molecule has 0 amide bonds. The minimum atomic E-state index is -3.51. The van der Waals surface area contributed by atoms with Gasteiger partial charge in [-0.3, -0.25) is 0 Å². The predicted octanol–water partition coefficient (Wildman–Crippen LogP) is -1.56. The van der Waals surface area contributed by atoms with Crippen LogP contribution in [0.25, 0.3) is 0 Å². The molecule has 0 radical (unpaired) electrons. The highest BCUT2D eigenvalue weighted by Gasteiger charge is 2.16. The summed E-state index contributed by atoms with van der Waals surface area (Å²) in [5.74, 6) is -0.243. The Bertz CT molecular complexity index is 405. The molecule has 1 heterocycles. The minimum Gasteiger partial charge on any atom is -0.393 e. The molecule has 0 spiro atoms. The van der Waals surface area contributed by atoms with Gasteiger partial charge in [0.1, 0.15) is 5.69 Å². The van der Waals surface area contributed by atoms with Gasteiger partial charge in [-0.2, -0.15) is 0 Å². The van der Waals surface area contributed by atoms with Crippen LogP contribution in [-0.4, -0.2) is 23.9 Å². The van der Waals surface area contributed by atoms with Crippen LogP contribution in [0.1, 0.15) is 0 Å². The van der Waals surface area contributed by atoms with E-state index in [2.05, 4.69) is 5.10 Å². The number of nitrogen functional groups attached to an aromatic ring is 3. The van der Waals surface area contributed by atoms with Gasteiger partial charge in [0.2, 0.25) is 0 Å². The Hall–Kier alpha value is -1.44. The second kappa shape index (κ2) is 2.27. The fourth-order valence-corrected chi connectivity index (χ4v) is 1.38. The molecule has 1 rings (SSSR count). The smallest absolute Gasteiger partial charge is 0.252 e. The Labute approximate surface area is 69.2 Å². The molecule has 0 unspecified atom stereocenters. The van der Waals surface area contributed by atoms with E-state index in [-0.39, 0.29) is 17.3 Å². The van der Waals surface area contributed by atoms with Crippen LogP contribution in [0.15, 0.2) is 0 Å². The highest BCUT2D eigenvalue weighted by Crippen LogP contribution is 2.21. The van der Waals surface area contributed by atoms with Crippen molar-refractivity contribution in [1.82, 2.24) is 9.19 Å². The molecule has 0 aromatic carbocycles. The maximum atomic E-state index is 10.9. The second-order valence-electron chi connectivity index (χ2n) is 2.29. The van der Waals surface area contributed by atoms with Crippen molar-refractivity contribution in [3.8, 4) is 0 Å².